The maximum absolute atomic E-state index is 9.62. The van der Waals surface area contributed by atoms with Gasteiger partial charge < -0.3 is 5.11 Å². The van der Waals surface area contributed by atoms with Crippen molar-refractivity contribution in [2.45, 2.75) is 64.9 Å². The van der Waals surface area contributed by atoms with E-state index in [1.54, 1.807) is 0 Å². The predicted molar refractivity (Wildman–Crippen MR) is 84.3 cm³/mol. The smallest absolute Gasteiger partial charge is 0.0591 e. The van der Waals surface area contributed by atoms with E-state index in [4.69, 9.17) is 0 Å². The minimum atomic E-state index is -0.519. The van der Waals surface area contributed by atoms with Crippen molar-refractivity contribution in [2.24, 2.45) is 0 Å². The Hall–Kier alpha value is -1.08. The van der Waals surface area contributed by atoms with E-state index >= 15 is 0 Å². The van der Waals surface area contributed by atoms with Crippen LogP contribution in [-0.4, -0.2) is 10.7 Å². The monoisotopic (exact) mass is 260 g/mol. The molecule has 0 fully saturated rings. The second-order valence-electron chi connectivity index (χ2n) is 6.29. The molecular formula is C18H28O. The van der Waals surface area contributed by atoms with Gasteiger partial charge in [0.25, 0.3) is 0 Å². The van der Waals surface area contributed by atoms with Crippen LogP contribution < -0.4 is 0 Å². The van der Waals surface area contributed by atoms with Gasteiger partial charge in [0.2, 0.25) is 0 Å². The molecule has 0 amide bonds. The fourth-order valence-corrected chi connectivity index (χ4v) is 2.06. The van der Waals surface area contributed by atoms with E-state index in [-0.39, 0.29) is 0 Å². The molecule has 0 aromatic heterocycles. The zero-order valence-electron chi connectivity index (χ0n) is 12.8. The van der Waals surface area contributed by atoms with Crippen molar-refractivity contribution >= 4 is 6.08 Å². The first-order valence-corrected chi connectivity index (χ1v) is 7.37. The fraction of sp³-hybridized carbons (Fsp3) is 0.556. The number of hydrogen-bond acceptors (Lipinski definition) is 1. The molecule has 1 N–H and O–H groups in total. The molecule has 0 aliphatic rings. The maximum atomic E-state index is 9.62. The molecule has 1 rings (SSSR count). The van der Waals surface area contributed by atoms with E-state index < -0.39 is 5.60 Å². The average molecular weight is 260 g/mol. The molecule has 1 aromatic carbocycles. The molecule has 19 heavy (non-hydrogen) atoms. The maximum Gasteiger partial charge on any atom is 0.0591 e. The van der Waals surface area contributed by atoms with Crippen LogP contribution in [0.3, 0.4) is 0 Å². The summed E-state index contributed by atoms with van der Waals surface area (Å²) in [4.78, 5) is 0. The van der Waals surface area contributed by atoms with Gasteiger partial charge in [0.1, 0.15) is 0 Å². The summed E-state index contributed by atoms with van der Waals surface area (Å²) in [5.41, 5.74) is 2.16. The second kappa shape index (κ2) is 7.49. The molecule has 106 valence electrons. The van der Waals surface area contributed by atoms with Crippen LogP contribution >= 0.6 is 0 Å². The highest BCUT2D eigenvalue weighted by atomic mass is 16.3. The zero-order chi connectivity index (χ0) is 14.3. The standard InChI is InChI=1S/C18H28O/c1-15(2)17-12-9-11-16(14-17)10-7-5-6-8-13-18(3,4)19/h7,9-12,14-15,19H,5-6,8,13H2,1-4H3/b10-7+. The first-order valence-electron chi connectivity index (χ1n) is 7.37. The molecule has 0 aliphatic carbocycles. The van der Waals surface area contributed by atoms with Gasteiger partial charge in [-0.15, -0.1) is 0 Å². The molecule has 1 nitrogen and oxygen atoms in total. The van der Waals surface area contributed by atoms with Crippen LogP contribution in [0.5, 0.6) is 0 Å². The molecule has 0 atom stereocenters. The highest BCUT2D eigenvalue weighted by Crippen LogP contribution is 2.17. The Morgan fingerprint density at radius 2 is 1.95 bits per heavy atom. The third kappa shape index (κ3) is 7.17. The van der Waals surface area contributed by atoms with Gasteiger partial charge in [-0.3, -0.25) is 0 Å². The van der Waals surface area contributed by atoms with Gasteiger partial charge in [-0.25, -0.2) is 0 Å². The topological polar surface area (TPSA) is 20.2 Å². The third-order valence-electron chi connectivity index (χ3n) is 3.30. The molecule has 0 heterocycles. The summed E-state index contributed by atoms with van der Waals surface area (Å²) in [6.07, 6.45) is 8.63. The van der Waals surface area contributed by atoms with Gasteiger partial charge in [-0.1, -0.05) is 56.7 Å². The van der Waals surface area contributed by atoms with Gasteiger partial charge in [-0.05, 0) is 50.2 Å². The first kappa shape index (κ1) is 16.0. The molecule has 0 saturated carbocycles. The van der Waals surface area contributed by atoms with Gasteiger partial charge in [0, 0.05) is 0 Å². The number of unbranched alkanes of at least 4 members (excludes halogenated alkanes) is 2. The Labute approximate surface area is 118 Å². The molecule has 1 aromatic rings. The lowest BCUT2D eigenvalue weighted by atomic mass is 9.99. The SMILES string of the molecule is CC(C)c1cccc(/C=C/CCCCC(C)(C)O)c1. The number of hydrogen-bond donors (Lipinski definition) is 1. The first-order chi connectivity index (χ1) is 8.88. The average Bonchev–Trinajstić information content (AvgIpc) is 2.32. The van der Waals surface area contributed by atoms with E-state index in [1.165, 1.54) is 11.1 Å². The minimum Gasteiger partial charge on any atom is -0.390 e. The summed E-state index contributed by atoms with van der Waals surface area (Å²) in [5.74, 6) is 0.583. The molecule has 0 radical (unpaired) electrons. The van der Waals surface area contributed by atoms with Gasteiger partial charge >= 0.3 is 0 Å². The van der Waals surface area contributed by atoms with Crippen LogP contribution in [0.1, 0.15) is 70.4 Å². The highest BCUT2D eigenvalue weighted by molar-refractivity contribution is 5.50. The largest absolute Gasteiger partial charge is 0.390 e. The number of aliphatic hydroxyl groups is 1. The van der Waals surface area contributed by atoms with Crippen molar-refractivity contribution in [1.82, 2.24) is 0 Å². The van der Waals surface area contributed by atoms with Crippen LogP contribution in [0.15, 0.2) is 30.3 Å². The van der Waals surface area contributed by atoms with Crippen molar-refractivity contribution in [2.75, 3.05) is 0 Å². The number of benzene rings is 1. The van der Waals surface area contributed by atoms with Crippen LogP contribution in [0.25, 0.3) is 6.08 Å². The Kier molecular flexibility index (Phi) is 6.30. The Morgan fingerprint density at radius 3 is 2.58 bits per heavy atom. The Morgan fingerprint density at radius 1 is 1.21 bits per heavy atom. The van der Waals surface area contributed by atoms with E-state index in [1.807, 2.05) is 13.8 Å². The van der Waals surface area contributed by atoms with Crippen LogP contribution in [0, 0.1) is 0 Å². The highest BCUT2D eigenvalue weighted by Gasteiger charge is 2.10. The van der Waals surface area contributed by atoms with Crippen molar-refractivity contribution in [3.8, 4) is 0 Å². The second-order valence-corrected chi connectivity index (χ2v) is 6.29. The molecule has 0 unspecified atom stereocenters. The van der Waals surface area contributed by atoms with Gasteiger partial charge in [0.15, 0.2) is 0 Å². The lowest BCUT2D eigenvalue weighted by Crippen LogP contribution is -2.17. The van der Waals surface area contributed by atoms with E-state index in [0.29, 0.717) is 5.92 Å². The van der Waals surface area contributed by atoms with E-state index in [9.17, 15) is 5.11 Å². The van der Waals surface area contributed by atoms with Gasteiger partial charge in [-0.2, -0.15) is 0 Å². The number of allylic oxidation sites excluding steroid dienone is 1. The third-order valence-corrected chi connectivity index (χ3v) is 3.30. The molecular weight excluding hydrogens is 232 g/mol. The summed E-state index contributed by atoms with van der Waals surface area (Å²) >= 11 is 0. The van der Waals surface area contributed by atoms with Crippen LogP contribution in [0.4, 0.5) is 0 Å². The lowest BCUT2D eigenvalue weighted by molar-refractivity contribution is 0.0683. The van der Waals surface area contributed by atoms with Crippen molar-refractivity contribution in [3.05, 3.63) is 41.5 Å². The molecule has 0 saturated heterocycles. The summed E-state index contributed by atoms with van der Waals surface area (Å²) in [7, 11) is 0. The van der Waals surface area contributed by atoms with Crippen LogP contribution in [0.2, 0.25) is 0 Å². The Balaban J connectivity index is 2.35. The summed E-state index contributed by atoms with van der Waals surface area (Å²) in [5, 5.41) is 9.62. The summed E-state index contributed by atoms with van der Waals surface area (Å²) in [6.45, 7) is 8.19. The van der Waals surface area contributed by atoms with Crippen molar-refractivity contribution in [3.63, 3.8) is 0 Å². The Bertz CT molecular complexity index is 396. The quantitative estimate of drug-likeness (QED) is 0.672. The van der Waals surface area contributed by atoms with Crippen molar-refractivity contribution in [1.29, 1.82) is 0 Å². The molecule has 1 heteroatoms. The lowest BCUT2D eigenvalue weighted by Gasteiger charge is -2.15. The molecule has 0 aliphatic heterocycles. The molecule has 0 bridgehead atoms. The van der Waals surface area contributed by atoms with E-state index in [0.717, 1.165) is 25.7 Å². The number of rotatable bonds is 7. The van der Waals surface area contributed by atoms with Crippen molar-refractivity contribution < 1.29 is 5.11 Å². The minimum absolute atomic E-state index is 0.519. The fourth-order valence-electron chi connectivity index (χ4n) is 2.06. The van der Waals surface area contributed by atoms with Gasteiger partial charge in [0.05, 0.1) is 5.60 Å². The summed E-state index contributed by atoms with van der Waals surface area (Å²) in [6, 6.07) is 8.73. The zero-order valence-corrected chi connectivity index (χ0v) is 12.8. The normalized spacial score (nSPS) is 12.5. The summed E-state index contributed by atoms with van der Waals surface area (Å²) < 4.78 is 0. The molecule has 0 spiro atoms. The predicted octanol–water partition coefficient (Wildman–Crippen LogP) is 5.15. The van der Waals surface area contributed by atoms with E-state index in [2.05, 4.69) is 50.3 Å². The van der Waals surface area contributed by atoms with Crippen LogP contribution in [-0.2, 0) is 0 Å².